The van der Waals surface area contributed by atoms with Crippen molar-refractivity contribution in [2.75, 3.05) is 10.4 Å². The molecule has 2 aliphatic heterocycles. The van der Waals surface area contributed by atoms with Crippen LogP contribution in [0.15, 0.2) is 54.1 Å². The van der Waals surface area contributed by atoms with E-state index in [0.717, 1.165) is 8.47 Å². The Hall–Kier alpha value is -1.66. The molecular formula is C27H19BrCl3IN2O5. The molecule has 2 saturated heterocycles. The summed E-state index contributed by atoms with van der Waals surface area (Å²) in [4.78, 5) is 53.3. The van der Waals surface area contributed by atoms with Crippen LogP contribution in [0.5, 0.6) is 5.75 Å². The number of likely N-dealkylation sites (tertiary alicyclic amines) is 1. The molecule has 0 radical (unpaired) electrons. The van der Waals surface area contributed by atoms with Crippen LogP contribution in [-0.4, -0.2) is 48.8 Å². The predicted octanol–water partition coefficient (Wildman–Crippen LogP) is 5.57. The fourth-order valence-corrected chi connectivity index (χ4v) is 8.75. The van der Waals surface area contributed by atoms with Crippen molar-refractivity contribution in [2.45, 2.75) is 28.5 Å². The Morgan fingerprint density at radius 2 is 1.69 bits per heavy atom. The minimum Gasteiger partial charge on any atom is -0.508 e. The molecule has 2 heterocycles. The number of amides is 4. The van der Waals surface area contributed by atoms with Gasteiger partial charge in [0.05, 0.1) is 23.0 Å². The number of hydrogen-bond acceptors (Lipinski definition) is 5. The molecule has 2 aromatic rings. The first-order valence-electron chi connectivity index (χ1n) is 12.1. The van der Waals surface area contributed by atoms with Gasteiger partial charge in [0.2, 0.25) is 11.8 Å². The van der Waals surface area contributed by atoms with Crippen LogP contribution in [0.2, 0.25) is 5.02 Å². The van der Waals surface area contributed by atoms with E-state index in [0.29, 0.717) is 16.8 Å². The Morgan fingerprint density at radius 3 is 2.33 bits per heavy atom. The first kappa shape index (κ1) is 27.5. The van der Waals surface area contributed by atoms with Crippen molar-refractivity contribution in [1.29, 1.82) is 0 Å². The van der Waals surface area contributed by atoms with Crippen molar-refractivity contribution in [3.63, 3.8) is 0 Å². The second-order valence-corrected chi connectivity index (χ2v) is 13.6. The summed E-state index contributed by atoms with van der Waals surface area (Å²) in [5.41, 5.74) is 1.39. The van der Waals surface area contributed by atoms with Crippen LogP contribution in [0.3, 0.4) is 0 Å². The minimum absolute atomic E-state index is 0.0878. The molecule has 6 atom stereocenters. The van der Waals surface area contributed by atoms with Gasteiger partial charge in [-0.05, 0) is 83.3 Å². The highest BCUT2D eigenvalue weighted by Gasteiger charge is 2.76. The van der Waals surface area contributed by atoms with Gasteiger partial charge in [0, 0.05) is 14.5 Å². The van der Waals surface area contributed by atoms with E-state index in [2.05, 4.69) is 38.5 Å². The summed E-state index contributed by atoms with van der Waals surface area (Å²) in [7, 11) is 0. The first-order valence-corrected chi connectivity index (χ1v) is 15.4. The molecule has 6 unspecified atom stereocenters. The lowest BCUT2D eigenvalue weighted by molar-refractivity contribution is -0.138. The standard InChI is InChI=1S/C27H19BrCl3IN2O5/c28-11-33-24(38)26(30)10-18-15(21(27(26,31)25(33)39)16-6-5-14(35)9-19(16)29)7-8-17-20(18)23(37)34(22(17)36)13-3-1-12(32)2-4-13/h1-7,9,17-18,20-21,35H,8,10-11H2. The summed E-state index contributed by atoms with van der Waals surface area (Å²) in [6.45, 7) is 0. The second-order valence-electron chi connectivity index (χ2n) is 10.2. The SMILES string of the molecule is O=C1C2CC=C3C(CC4(Cl)C(=O)N(CBr)C(=O)C4(Cl)C3c3ccc(O)cc3Cl)C2C(=O)N1c1ccc(I)cc1. The van der Waals surface area contributed by atoms with E-state index in [9.17, 15) is 24.3 Å². The molecule has 0 bridgehead atoms. The highest BCUT2D eigenvalue weighted by molar-refractivity contribution is 14.1. The number of phenols is 1. The first-order chi connectivity index (χ1) is 18.5. The van der Waals surface area contributed by atoms with Crippen LogP contribution in [-0.2, 0) is 19.2 Å². The third-order valence-electron chi connectivity index (χ3n) is 8.39. The largest absolute Gasteiger partial charge is 0.508 e. The van der Waals surface area contributed by atoms with Crippen molar-refractivity contribution in [3.8, 4) is 5.75 Å². The van der Waals surface area contributed by atoms with Gasteiger partial charge in [-0.25, -0.2) is 0 Å². The monoisotopic (exact) mass is 762 g/mol. The van der Waals surface area contributed by atoms with Crippen molar-refractivity contribution < 1.29 is 24.3 Å². The number of phenolic OH excluding ortho intramolecular Hbond substituents is 1. The molecule has 2 aliphatic carbocycles. The van der Waals surface area contributed by atoms with Crippen molar-refractivity contribution in [2.24, 2.45) is 17.8 Å². The molecule has 6 rings (SSSR count). The number of benzene rings is 2. The number of fused-ring (bicyclic) bond motifs is 4. The maximum absolute atomic E-state index is 14.0. The van der Waals surface area contributed by atoms with E-state index in [1.165, 1.54) is 17.0 Å². The lowest BCUT2D eigenvalue weighted by Crippen LogP contribution is -2.60. The molecule has 3 fully saturated rings. The number of nitrogens with zero attached hydrogens (tertiary/aromatic N) is 2. The Labute approximate surface area is 260 Å². The van der Waals surface area contributed by atoms with E-state index in [1.54, 1.807) is 18.2 Å². The van der Waals surface area contributed by atoms with Gasteiger partial charge in [0.25, 0.3) is 11.8 Å². The zero-order valence-electron chi connectivity index (χ0n) is 19.9. The van der Waals surface area contributed by atoms with Gasteiger partial charge in [0.1, 0.15) is 5.75 Å². The zero-order valence-corrected chi connectivity index (χ0v) is 25.9. The van der Waals surface area contributed by atoms with Crippen LogP contribution in [0, 0.1) is 21.3 Å². The van der Waals surface area contributed by atoms with Gasteiger partial charge in [0.15, 0.2) is 9.75 Å². The quantitative estimate of drug-likeness (QED) is 0.145. The number of allylic oxidation sites excluding steroid dienone is 2. The third-order valence-corrected chi connectivity index (χ3v) is 11.4. The highest BCUT2D eigenvalue weighted by Crippen LogP contribution is 2.66. The topological polar surface area (TPSA) is 95.0 Å². The number of rotatable bonds is 3. The van der Waals surface area contributed by atoms with Crippen LogP contribution < -0.4 is 4.90 Å². The molecule has 1 N–H and O–H groups in total. The maximum atomic E-state index is 14.0. The van der Waals surface area contributed by atoms with Gasteiger partial charge in [-0.2, -0.15) is 0 Å². The van der Waals surface area contributed by atoms with Gasteiger partial charge in [-0.1, -0.05) is 45.2 Å². The predicted molar refractivity (Wildman–Crippen MR) is 158 cm³/mol. The molecule has 0 aromatic heterocycles. The Bertz CT molecular complexity index is 1500. The molecule has 39 heavy (non-hydrogen) atoms. The molecule has 4 amide bonds. The van der Waals surface area contributed by atoms with Crippen LogP contribution >= 0.6 is 73.3 Å². The van der Waals surface area contributed by atoms with E-state index in [1.807, 2.05) is 18.2 Å². The number of hydrogen-bond donors (Lipinski definition) is 1. The number of carbonyl (C=O) groups excluding carboxylic acids is 4. The lowest BCUT2D eigenvalue weighted by Gasteiger charge is -2.51. The summed E-state index contributed by atoms with van der Waals surface area (Å²) < 4.78 is 0.959. The van der Waals surface area contributed by atoms with Crippen LogP contribution in [0.4, 0.5) is 5.69 Å². The lowest BCUT2D eigenvalue weighted by atomic mass is 9.56. The molecule has 0 spiro atoms. The summed E-state index contributed by atoms with van der Waals surface area (Å²) >= 11 is 26.3. The van der Waals surface area contributed by atoms with Crippen LogP contribution in [0.1, 0.15) is 24.3 Å². The average Bonchev–Trinajstić information content (AvgIpc) is 3.23. The Morgan fingerprint density at radius 1 is 1.00 bits per heavy atom. The Balaban J connectivity index is 1.53. The fraction of sp³-hybridized carbons (Fsp3) is 0.333. The molecule has 7 nitrogen and oxygen atoms in total. The number of aromatic hydroxyl groups is 1. The molecule has 4 aliphatic rings. The van der Waals surface area contributed by atoms with E-state index < -0.39 is 45.2 Å². The second kappa shape index (κ2) is 9.44. The number of anilines is 1. The summed E-state index contributed by atoms with van der Waals surface area (Å²) in [6.07, 6.45) is 1.99. The molecular weight excluding hydrogens is 745 g/mol. The van der Waals surface area contributed by atoms with Gasteiger partial charge in [-0.15, -0.1) is 23.2 Å². The summed E-state index contributed by atoms with van der Waals surface area (Å²) in [5, 5.41) is 10.1. The number of alkyl halides is 3. The van der Waals surface area contributed by atoms with Crippen molar-refractivity contribution in [3.05, 3.63) is 68.3 Å². The Kier molecular flexibility index (Phi) is 6.66. The van der Waals surface area contributed by atoms with Crippen LogP contribution in [0.25, 0.3) is 0 Å². The maximum Gasteiger partial charge on any atom is 0.254 e. The number of carbonyl (C=O) groups is 4. The minimum atomic E-state index is -1.95. The van der Waals surface area contributed by atoms with Crippen molar-refractivity contribution >= 4 is 103 Å². The highest BCUT2D eigenvalue weighted by atomic mass is 127. The molecule has 202 valence electrons. The summed E-state index contributed by atoms with van der Waals surface area (Å²) in [5.74, 6) is -5.22. The van der Waals surface area contributed by atoms with Gasteiger partial charge < -0.3 is 5.11 Å². The average molecular weight is 765 g/mol. The molecule has 2 aromatic carbocycles. The molecule has 1 saturated carbocycles. The van der Waals surface area contributed by atoms with E-state index in [4.69, 9.17) is 34.8 Å². The molecule has 12 heteroatoms. The van der Waals surface area contributed by atoms with E-state index >= 15 is 0 Å². The fourth-order valence-electron chi connectivity index (χ4n) is 6.69. The number of imide groups is 2. The summed E-state index contributed by atoms with van der Waals surface area (Å²) in [6, 6.07) is 11.4. The third kappa shape index (κ3) is 3.65. The van der Waals surface area contributed by atoms with Gasteiger partial charge in [-0.3, -0.25) is 29.0 Å². The van der Waals surface area contributed by atoms with Crippen molar-refractivity contribution in [1.82, 2.24) is 4.90 Å². The smallest absolute Gasteiger partial charge is 0.254 e. The number of halogens is 5. The zero-order chi connectivity index (χ0) is 28.0. The van der Waals surface area contributed by atoms with Gasteiger partial charge >= 0.3 is 0 Å². The normalized spacial score (nSPS) is 33.7. The van der Waals surface area contributed by atoms with E-state index in [-0.39, 0.29) is 40.9 Å².